The fourth-order valence-electron chi connectivity index (χ4n) is 2.28. The highest BCUT2D eigenvalue weighted by Gasteiger charge is 2.45. The molecule has 2 amide bonds. The smallest absolute Gasteiger partial charge is 0.240 e. The van der Waals surface area contributed by atoms with Crippen molar-refractivity contribution in [3.05, 3.63) is 34.3 Å². The summed E-state index contributed by atoms with van der Waals surface area (Å²) < 4.78 is 1.01. The van der Waals surface area contributed by atoms with E-state index in [0.29, 0.717) is 0 Å². The number of amides is 2. The van der Waals surface area contributed by atoms with Crippen LogP contribution in [0.15, 0.2) is 28.7 Å². The molecule has 1 aliphatic rings. The maximum atomic E-state index is 12.1. The zero-order valence-electron chi connectivity index (χ0n) is 12.9. The normalized spacial score (nSPS) is 17.0. The predicted octanol–water partition coefficient (Wildman–Crippen LogP) is 1.65. The minimum Gasteiger partial charge on any atom is -0.346 e. The number of carbonyl (C=O) groups excluding carboxylic acids is 2. The highest BCUT2D eigenvalue weighted by atomic mass is 79.9. The van der Waals surface area contributed by atoms with E-state index in [4.69, 9.17) is 5.73 Å². The van der Waals surface area contributed by atoms with Crippen LogP contribution in [0.2, 0.25) is 0 Å². The molecular weight excluding hydrogens is 346 g/mol. The Kier molecular flexibility index (Phi) is 5.24. The van der Waals surface area contributed by atoms with Gasteiger partial charge >= 0.3 is 0 Å². The van der Waals surface area contributed by atoms with Crippen LogP contribution in [0.25, 0.3) is 0 Å². The molecular formula is C16H22BrN3O2. The molecule has 6 heteroatoms. The van der Waals surface area contributed by atoms with Crippen molar-refractivity contribution in [2.45, 2.75) is 38.3 Å². The SMILES string of the molecule is CC(C)[C@H](N)C(=O)NCC(=O)NC1(c2ccc(Br)cc2)CC1. The number of rotatable bonds is 6. The Morgan fingerprint density at radius 1 is 1.27 bits per heavy atom. The van der Waals surface area contributed by atoms with Crippen LogP contribution in [0.4, 0.5) is 0 Å². The highest BCUT2D eigenvalue weighted by Crippen LogP contribution is 2.45. The summed E-state index contributed by atoms with van der Waals surface area (Å²) in [5.41, 5.74) is 6.56. The largest absolute Gasteiger partial charge is 0.346 e. The topological polar surface area (TPSA) is 84.2 Å². The van der Waals surface area contributed by atoms with Gasteiger partial charge < -0.3 is 16.4 Å². The summed E-state index contributed by atoms with van der Waals surface area (Å²) in [6.45, 7) is 3.70. The van der Waals surface area contributed by atoms with Crippen molar-refractivity contribution < 1.29 is 9.59 Å². The summed E-state index contributed by atoms with van der Waals surface area (Å²) in [6, 6.07) is 7.35. The molecule has 1 fully saturated rings. The fourth-order valence-corrected chi connectivity index (χ4v) is 2.54. The van der Waals surface area contributed by atoms with Crippen LogP contribution < -0.4 is 16.4 Å². The van der Waals surface area contributed by atoms with Crippen LogP contribution in [-0.4, -0.2) is 24.4 Å². The van der Waals surface area contributed by atoms with Gasteiger partial charge in [-0.3, -0.25) is 9.59 Å². The lowest BCUT2D eigenvalue weighted by atomic mass is 10.0. The minimum atomic E-state index is -0.589. The molecule has 120 valence electrons. The van der Waals surface area contributed by atoms with Crippen molar-refractivity contribution in [3.8, 4) is 0 Å². The van der Waals surface area contributed by atoms with Gasteiger partial charge in [-0.1, -0.05) is 41.9 Å². The highest BCUT2D eigenvalue weighted by molar-refractivity contribution is 9.10. The number of hydrogen-bond acceptors (Lipinski definition) is 3. The van der Waals surface area contributed by atoms with Crippen molar-refractivity contribution >= 4 is 27.7 Å². The zero-order chi connectivity index (χ0) is 16.3. The van der Waals surface area contributed by atoms with E-state index in [9.17, 15) is 9.59 Å². The van der Waals surface area contributed by atoms with Crippen LogP contribution in [0.3, 0.4) is 0 Å². The third-order valence-corrected chi connectivity index (χ3v) is 4.50. The monoisotopic (exact) mass is 367 g/mol. The lowest BCUT2D eigenvalue weighted by Gasteiger charge is -2.19. The Morgan fingerprint density at radius 2 is 1.86 bits per heavy atom. The number of benzene rings is 1. The second-order valence-corrected chi connectivity index (χ2v) is 7.04. The molecule has 0 heterocycles. The van der Waals surface area contributed by atoms with Gasteiger partial charge in [0, 0.05) is 4.47 Å². The Morgan fingerprint density at radius 3 is 2.36 bits per heavy atom. The maximum Gasteiger partial charge on any atom is 0.240 e. The lowest BCUT2D eigenvalue weighted by molar-refractivity contribution is -0.127. The molecule has 0 unspecified atom stereocenters. The quantitative estimate of drug-likeness (QED) is 0.714. The van der Waals surface area contributed by atoms with Crippen molar-refractivity contribution in [2.75, 3.05) is 6.54 Å². The van der Waals surface area contributed by atoms with Crippen LogP contribution in [0.1, 0.15) is 32.3 Å². The zero-order valence-corrected chi connectivity index (χ0v) is 14.4. The van der Waals surface area contributed by atoms with E-state index in [0.717, 1.165) is 22.9 Å². The van der Waals surface area contributed by atoms with E-state index in [1.807, 2.05) is 38.1 Å². The average Bonchev–Trinajstić information content (AvgIpc) is 3.25. The Bertz CT molecular complexity index is 553. The molecule has 0 saturated heterocycles. The van der Waals surface area contributed by atoms with Gasteiger partial charge in [0.05, 0.1) is 18.1 Å². The summed E-state index contributed by atoms with van der Waals surface area (Å²) in [6.07, 6.45) is 1.83. The second-order valence-electron chi connectivity index (χ2n) is 6.12. The van der Waals surface area contributed by atoms with E-state index >= 15 is 0 Å². The van der Waals surface area contributed by atoms with E-state index in [2.05, 4.69) is 26.6 Å². The van der Waals surface area contributed by atoms with Gasteiger partial charge in [0.15, 0.2) is 0 Å². The molecule has 2 rings (SSSR count). The molecule has 0 radical (unpaired) electrons. The van der Waals surface area contributed by atoms with Crippen molar-refractivity contribution in [2.24, 2.45) is 11.7 Å². The maximum absolute atomic E-state index is 12.1. The number of carbonyl (C=O) groups is 2. The molecule has 0 aliphatic heterocycles. The van der Waals surface area contributed by atoms with Gasteiger partial charge in [-0.15, -0.1) is 0 Å². The Hall–Kier alpha value is -1.40. The Balaban J connectivity index is 1.87. The van der Waals surface area contributed by atoms with E-state index < -0.39 is 6.04 Å². The molecule has 0 bridgehead atoms. The summed E-state index contributed by atoms with van der Waals surface area (Å²) in [4.78, 5) is 23.8. The first-order chi connectivity index (χ1) is 10.3. The van der Waals surface area contributed by atoms with Crippen molar-refractivity contribution in [1.82, 2.24) is 10.6 Å². The standard InChI is InChI=1S/C16H22BrN3O2/c1-10(2)14(18)15(22)19-9-13(21)20-16(7-8-16)11-3-5-12(17)6-4-11/h3-6,10,14H,7-9,18H2,1-2H3,(H,19,22)(H,20,21)/t14-/m0/s1. The second kappa shape index (κ2) is 6.79. The van der Waals surface area contributed by atoms with Gasteiger partial charge in [-0.2, -0.15) is 0 Å². The molecule has 4 N–H and O–H groups in total. The Labute approximate surface area is 139 Å². The van der Waals surface area contributed by atoms with Gasteiger partial charge in [-0.05, 0) is 36.5 Å². The third-order valence-electron chi connectivity index (χ3n) is 3.97. The summed E-state index contributed by atoms with van der Waals surface area (Å²) in [7, 11) is 0. The minimum absolute atomic E-state index is 0.0422. The van der Waals surface area contributed by atoms with Crippen LogP contribution >= 0.6 is 15.9 Å². The summed E-state index contributed by atoms with van der Waals surface area (Å²) >= 11 is 3.40. The predicted molar refractivity (Wildman–Crippen MR) is 89.0 cm³/mol. The molecule has 1 aromatic rings. The first kappa shape index (κ1) is 17.0. The third kappa shape index (κ3) is 4.08. The molecule has 5 nitrogen and oxygen atoms in total. The first-order valence-corrected chi connectivity index (χ1v) is 8.24. The van der Waals surface area contributed by atoms with Crippen LogP contribution in [-0.2, 0) is 15.1 Å². The summed E-state index contributed by atoms with van der Waals surface area (Å²) in [5, 5.41) is 5.61. The molecule has 22 heavy (non-hydrogen) atoms. The number of halogens is 1. The molecule has 1 saturated carbocycles. The van der Waals surface area contributed by atoms with Gasteiger partial charge in [-0.25, -0.2) is 0 Å². The first-order valence-electron chi connectivity index (χ1n) is 7.44. The average molecular weight is 368 g/mol. The molecule has 1 aliphatic carbocycles. The van der Waals surface area contributed by atoms with Crippen molar-refractivity contribution in [3.63, 3.8) is 0 Å². The molecule has 1 atom stereocenters. The van der Waals surface area contributed by atoms with Crippen LogP contribution in [0.5, 0.6) is 0 Å². The molecule has 0 spiro atoms. The van der Waals surface area contributed by atoms with E-state index in [-0.39, 0.29) is 29.8 Å². The van der Waals surface area contributed by atoms with Crippen LogP contribution in [0, 0.1) is 5.92 Å². The fraction of sp³-hybridized carbons (Fsp3) is 0.500. The van der Waals surface area contributed by atoms with Crippen molar-refractivity contribution in [1.29, 1.82) is 0 Å². The van der Waals surface area contributed by atoms with Gasteiger partial charge in [0.2, 0.25) is 11.8 Å². The number of nitrogens with one attached hydrogen (secondary N) is 2. The van der Waals surface area contributed by atoms with Gasteiger partial charge in [0.25, 0.3) is 0 Å². The number of hydrogen-bond donors (Lipinski definition) is 3. The van der Waals surface area contributed by atoms with E-state index in [1.54, 1.807) is 0 Å². The van der Waals surface area contributed by atoms with E-state index in [1.165, 1.54) is 0 Å². The molecule has 1 aromatic carbocycles. The van der Waals surface area contributed by atoms with Gasteiger partial charge in [0.1, 0.15) is 0 Å². The number of nitrogens with two attached hydrogens (primary N) is 1. The lowest BCUT2D eigenvalue weighted by Crippen LogP contribution is -2.48. The summed E-state index contributed by atoms with van der Waals surface area (Å²) in [5.74, 6) is -0.441. The molecule has 0 aromatic heterocycles.